The lowest BCUT2D eigenvalue weighted by Gasteiger charge is -2.16. The maximum Gasteiger partial charge on any atom is 0.308 e. The second kappa shape index (κ2) is 8.57. The Bertz CT molecular complexity index is 1430. The third-order valence-corrected chi connectivity index (χ3v) is 8.62. The zero-order valence-corrected chi connectivity index (χ0v) is 20.9. The van der Waals surface area contributed by atoms with E-state index in [-0.39, 0.29) is 6.61 Å². The predicted octanol–water partition coefficient (Wildman–Crippen LogP) is 5.09. The molecular weight excluding hydrogens is 468 g/mol. The Labute approximate surface area is 205 Å². The molecule has 1 aromatic carbocycles. The van der Waals surface area contributed by atoms with Gasteiger partial charge in [0.2, 0.25) is 0 Å². The highest BCUT2D eigenvalue weighted by atomic mass is 32.1. The molecule has 0 aliphatic carbocycles. The second-order valence-corrected chi connectivity index (χ2v) is 10.8. The molecule has 2 atom stereocenters. The van der Waals surface area contributed by atoms with Crippen molar-refractivity contribution in [2.24, 2.45) is 10.9 Å². The smallest absolute Gasteiger partial charge is 0.308 e. The van der Waals surface area contributed by atoms with Crippen molar-refractivity contribution in [2.45, 2.75) is 40.3 Å². The quantitative estimate of drug-likeness (QED) is 0.404. The lowest BCUT2D eigenvalue weighted by molar-refractivity contribution is -0.141. The molecule has 4 heterocycles. The molecule has 7 nitrogen and oxygen atoms in total. The summed E-state index contributed by atoms with van der Waals surface area (Å²) in [6, 6.07) is 11.4. The van der Waals surface area contributed by atoms with Gasteiger partial charge >= 0.3 is 5.97 Å². The predicted molar refractivity (Wildman–Crippen MR) is 134 cm³/mol. The molecule has 0 bridgehead atoms. The number of fused-ring (bicyclic) bond motifs is 3. The number of rotatable bonds is 5. The first-order valence-corrected chi connectivity index (χ1v) is 12.6. The SMILES string of the molecule is Cc1sc2c(c1C)C(c1ccc(-c3ccc(CO)s3)cc1)=NC([C@H](C)C(=O)O)c1nnc(C)n1-2. The second-order valence-electron chi connectivity index (χ2n) is 8.46. The van der Waals surface area contributed by atoms with Crippen molar-refractivity contribution in [3.05, 3.63) is 74.5 Å². The van der Waals surface area contributed by atoms with Crippen molar-refractivity contribution in [2.75, 3.05) is 0 Å². The monoisotopic (exact) mass is 492 g/mol. The maximum atomic E-state index is 12.0. The van der Waals surface area contributed by atoms with Crippen LogP contribution in [0.15, 0.2) is 41.4 Å². The molecule has 4 aromatic rings. The maximum absolute atomic E-state index is 12.0. The summed E-state index contributed by atoms with van der Waals surface area (Å²) in [5, 5.41) is 28.8. The van der Waals surface area contributed by atoms with E-state index >= 15 is 0 Å². The Hall–Kier alpha value is -3.14. The van der Waals surface area contributed by atoms with Crippen LogP contribution in [0.3, 0.4) is 0 Å². The number of aliphatic carboxylic acids is 1. The number of aliphatic hydroxyl groups excluding tert-OH is 1. The van der Waals surface area contributed by atoms with Gasteiger partial charge in [0.05, 0.1) is 18.2 Å². The van der Waals surface area contributed by atoms with Crippen molar-refractivity contribution in [1.82, 2.24) is 14.8 Å². The summed E-state index contributed by atoms with van der Waals surface area (Å²) in [6.07, 6.45) is 0. The number of aliphatic hydroxyl groups is 1. The van der Waals surface area contributed by atoms with Gasteiger partial charge in [-0.15, -0.1) is 32.9 Å². The molecule has 0 amide bonds. The van der Waals surface area contributed by atoms with Gasteiger partial charge in [-0.05, 0) is 51.0 Å². The van der Waals surface area contributed by atoms with E-state index in [1.807, 2.05) is 47.9 Å². The molecule has 9 heteroatoms. The molecular formula is C25H24N4O3S2. The van der Waals surface area contributed by atoms with Crippen LogP contribution in [0.5, 0.6) is 0 Å². The van der Waals surface area contributed by atoms with Gasteiger partial charge in [0.1, 0.15) is 16.9 Å². The van der Waals surface area contributed by atoms with E-state index in [1.54, 1.807) is 29.6 Å². The molecule has 0 spiro atoms. The summed E-state index contributed by atoms with van der Waals surface area (Å²) in [5.74, 6) is -0.429. The third-order valence-electron chi connectivity index (χ3n) is 6.31. The molecule has 0 saturated heterocycles. The van der Waals surface area contributed by atoms with Crippen molar-refractivity contribution < 1.29 is 15.0 Å². The van der Waals surface area contributed by atoms with Crippen molar-refractivity contribution in [3.8, 4) is 15.4 Å². The van der Waals surface area contributed by atoms with Gasteiger partial charge in [0.15, 0.2) is 5.82 Å². The molecule has 5 rings (SSSR count). The topological polar surface area (TPSA) is 101 Å². The van der Waals surface area contributed by atoms with Crippen LogP contribution in [0, 0.1) is 26.7 Å². The molecule has 0 radical (unpaired) electrons. The molecule has 1 aliphatic rings. The summed E-state index contributed by atoms with van der Waals surface area (Å²) in [4.78, 5) is 20.2. The fraction of sp³-hybridized carbons (Fsp3) is 0.280. The Morgan fingerprint density at radius 3 is 2.41 bits per heavy atom. The Morgan fingerprint density at radius 1 is 1.06 bits per heavy atom. The van der Waals surface area contributed by atoms with E-state index in [4.69, 9.17) is 4.99 Å². The number of benzene rings is 1. The summed E-state index contributed by atoms with van der Waals surface area (Å²) in [5.41, 5.74) is 4.87. The fourth-order valence-electron chi connectivity index (χ4n) is 4.23. The Balaban J connectivity index is 1.69. The fourth-order valence-corrected chi connectivity index (χ4v) is 6.31. The highest BCUT2D eigenvalue weighted by molar-refractivity contribution is 7.15. The van der Waals surface area contributed by atoms with Gasteiger partial charge in [-0.3, -0.25) is 14.4 Å². The van der Waals surface area contributed by atoms with Gasteiger partial charge in [-0.2, -0.15) is 0 Å². The third kappa shape index (κ3) is 3.60. The van der Waals surface area contributed by atoms with Gasteiger partial charge in [-0.25, -0.2) is 0 Å². The number of aromatic nitrogens is 3. The lowest BCUT2D eigenvalue weighted by atomic mass is 9.97. The van der Waals surface area contributed by atoms with E-state index in [0.717, 1.165) is 42.7 Å². The number of hydrogen-bond donors (Lipinski definition) is 2. The molecule has 0 saturated carbocycles. The molecule has 3 aromatic heterocycles. The van der Waals surface area contributed by atoms with Gasteiger partial charge < -0.3 is 10.2 Å². The van der Waals surface area contributed by atoms with E-state index in [2.05, 4.69) is 24.0 Å². The van der Waals surface area contributed by atoms with Crippen LogP contribution >= 0.6 is 22.7 Å². The molecule has 1 unspecified atom stereocenters. The minimum atomic E-state index is -0.925. The standard InChI is InChI=1S/C25H24N4O3S2/c1-12-14(3)33-24-20(12)22(17-7-5-16(6-8-17)19-10-9-18(11-30)34-19)26-21(13(2)25(31)32)23-28-27-15(4)29(23)24/h5-10,13,21,30H,11H2,1-4H3,(H,31,32)/t13-,21?/m0/s1. The largest absolute Gasteiger partial charge is 0.481 e. The molecule has 1 aliphatic heterocycles. The average molecular weight is 493 g/mol. The zero-order valence-electron chi connectivity index (χ0n) is 19.2. The minimum Gasteiger partial charge on any atom is -0.481 e. The number of aryl methyl sites for hydroxylation is 2. The summed E-state index contributed by atoms with van der Waals surface area (Å²) in [7, 11) is 0. The first-order valence-electron chi connectivity index (χ1n) is 10.9. The van der Waals surface area contributed by atoms with Crippen LogP contribution in [0.4, 0.5) is 0 Å². The van der Waals surface area contributed by atoms with Crippen LogP contribution in [-0.4, -0.2) is 36.7 Å². The zero-order chi connectivity index (χ0) is 24.1. The molecule has 2 N–H and O–H groups in total. The number of carboxylic acid groups (broad SMARTS) is 1. The normalized spacial score (nSPS) is 15.9. The Morgan fingerprint density at radius 2 is 1.76 bits per heavy atom. The first kappa shape index (κ1) is 22.6. The van der Waals surface area contributed by atoms with E-state index < -0.39 is 17.9 Å². The van der Waals surface area contributed by atoms with E-state index in [1.165, 1.54) is 4.88 Å². The average Bonchev–Trinajstić information content (AvgIpc) is 3.50. The summed E-state index contributed by atoms with van der Waals surface area (Å²) >= 11 is 3.21. The summed E-state index contributed by atoms with van der Waals surface area (Å²) in [6.45, 7) is 7.75. The van der Waals surface area contributed by atoms with E-state index in [0.29, 0.717) is 11.6 Å². The van der Waals surface area contributed by atoms with Crippen molar-refractivity contribution >= 4 is 34.4 Å². The van der Waals surface area contributed by atoms with Crippen LogP contribution in [0.25, 0.3) is 15.4 Å². The van der Waals surface area contributed by atoms with Crippen molar-refractivity contribution in [1.29, 1.82) is 0 Å². The molecule has 34 heavy (non-hydrogen) atoms. The molecule has 0 fully saturated rings. The van der Waals surface area contributed by atoms with Gasteiger partial charge in [0.25, 0.3) is 0 Å². The minimum absolute atomic E-state index is 0.0331. The van der Waals surface area contributed by atoms with Gasteiger partial charge in [-0.1, -0.05) is 24.3 Å². The number of aliphatic imine (C=N–C) groups is 1. The van der Waals surface area contributed by atoms with E-state index in [9.17, 15) is 15.0 Å². The Kier molecular flexibility index (Phi) is 5.71. The van der Waals surface area contributed by atoms with Crippen LogP contribution in [-0.2, 0) is 11.4 Å². The highest BCUT2D eigenvalue weighted by Gasteiger charge is 2.36. The van der Waals surface area contributed by atoms with Gasteiger partial charge in [0, 0.05) is 25.8 Å². The summed E-state index contributed by atoms with van der Waals surface area (Å²) < 4.78 is 1.97. The number of nitrogens with zero attached hydrogens (tertiary/aromatic N) is 4. The first-order chi connectivity index (χ1) is 16.3. The highest BCUT2D eigenvalue weighted by Crippen LogP contribution is 2.41. The number of carbonyl (C=O) groups is 1. The number of carboxylic acids is 1. The van der Waals surface area contributed by atoms with Crippen LogP contribution < -0.4 is 0 Å². The number of hydrogen-bond acceptors (Lipinski definition) is 7. The van der Waals surface area contributed by atoms with Crippen LogP contribution in [0.1, 0.15) is 51.1 Å². The lowest BCUT2D eigenvalue weighted by Crippen LogP contribution is -2.21. The number of thiophene rings is 2. The molecule has 174 valence electrons. The van der Waals surface area contributed by atoms with Crippen LogP contribution in [0.2, 0.25) is 0 Å². The van der Waals surface area contributed by atoms with Crippen molar-refractivity contribution in [3.63, 3.8) is 0 Å².